The maximum absolute atomic E-state index is 13.2. The van der Waals surface area contributed by atoms with Crippen molar-refractivity contribution in [3.05, 3.63) is 23.3 Å². The van der Waals surface area contributed by atoms with E-state index in [-0.39, 0.29) is 0 Å². The van der Waals surface area contributed by atoms with Gasteiger partial charge in [-0.15, -0.1) is 0 Å². The molecule has 0 spiro atoms. The number of anilines is 2. The molecule has 2 N–H and O–H groups in total. The Bertz CT molecular complexity index is 608. The molecule has 2 aromatic rings. The molecule has 9 heteroatoms. The molecule has 3 nitrogen and oxygen atoms in total. The largest absolute Gasteiger partial charge is 0.435 e. The van der Waals surface area contributed by atoms with Crippen molar-refractivity contribution in [1.29, 1.82) is 0 Å². The first-order valence-electron chi connectivity index (χ1n) is 4.01. The van der Waals surface area contributed by atoms with Crippen LogP contribution < -0.4 is 11.1 Å². The van der Waals surface area contributed by atoms with Gasteiger partial charge in [-0.25, -0.2) is 17.6 Å². The minimum atomic E-state index is -2.24. The van der Waals surface area contributed by atoms with E-state index < -0.39 is 51.2 Å². The summed E-state index contributed by atoms with van der Waals surface area (Å²) in [6, 6.07) is 0. The molecule has 0 bridgehead atoms. The molecular weight excluding hydrogens is 254 g/mol. The summed E-state index contributed by atoms with van der Waals surface area (Å²) < 4.78 is 81.1. The highest BCUT2D eigenvalue weighted by atomic mass is 19.4. The molecule has 0 amide bonds. The van der Waals surface area contributed by atoms with Crippen LogP contribution in [0, 0.1) is 23.3 Å². The molecule has 1 heterocycles. The molecule has 0 unspecified atom stereocenters. The van der Waals surface area contributed by atoms with E-state index in [0.717, 1.165) is 0 Å². The van der Waals surface area contributed by atoms with Gasteiger partial charge < -0.3 is 10.2 Å². The summed E-state index contributed by atoms with van der Waals surface area (Å²) in [7, 11) is 0. The maximum atomic E-state index is 13.2. The second-order valence-electron chi connectivity index (χ2n) is 3.01. The highest BCUT2D eigenvalue weighted by Crippen LogP contribution is 2.39. The van der Waals surface area contributed by atoms with E-state index in [1.807, 2.05) is 0 Å². The summed E-state index contributed by atoms with van der Waals surface area (Å²) in [5.74, 6) is -9.05. The molecule has 17 heavy (non-hydrogen) atoms. The Morgan fingerprint density at radius 2 is 1.47 bits per heavy atom. The van der Waals surface area contributed by atoms with Crippen LogP contribution in [0.25, 0.3) is 11.0 Å². The van der Waals surface area contributed by atoms with E-state index in [4.69, 9.17) is 5.73 Å². The third kappa shape index (κ3) is 1.38. The molecular formula is C8H2F6N2O. The van der Waals surface area contributed by atoms with Gasteiger partial charge in [0.15, 0.2) is 34.5 Å². The standard InChI is InChI=1S/C8H2F6N2O/c9-2-1-3(10)8(15)17-7(1)6(16(13)14)5(12)4(2)11/h15H2. The Kier molecular flexibility index (Phi) is 2.33. The van der Waals surface area contributed by atoms with Crippen LogP contribution in [0.2, 0.25) is 0 Å². The number of nitrogens with zero attached hydrogens (tertiary/aromatic N) is 1. The SMILES string of the molecule is Nc1oc2c(N(F)F)c(F)c(F)c(F)c2c1F. The average molecular weight is 256 g/mol. The molecule has 2 rings (SSSR count). The monoisotopic (exact) mass is 256 g/mol. The number of halogens is 6. The van der Waals surface area contributed by atoms with E-state index in [1.165, 1.54) is 0 Å². The van der Waals surface area contributed by atoms with Crippen molar-refractivity contribution in [2.24, 2.45) is 0 Å². The second-order valence-corrected chi connectivity index (χ2v) is 3.01. The van der Waals surface area contributed by atoms with Crippen molar-refractivity contribution in [3.8, 4) is 0 Å². The van der Waals surface area contributed by atoms with E-state index in [2.05, 4.69) is 4.42 Å². The predicted molar refractivity (Wildman–Crippen MR) is 45.2 cm³/mol. The number of nitrogens with two attached hydrogens (primary N) is 1. The summed E-state index contributed by atoms with van der Waals surface area (Å²) >= 11 is 0. The Morgan fingerprint density at radius 3 is 2.00 bits per heavy atom. The predicted octanol–water partition coefficient (Wildman–Crippen LogP) is 3.15. The molecule has 0 radical (unpaired) electrons. The summed E-state index contributed by atoms with van der Waals surface area (Å²) in [4.78, 5) is 0. The van der Waals surface area contributed by atoms with Crippen LogP contribution in [-0.2, 0) is 0 Å². The van der Waals surface area contributed by atoms with Crippen LogP contribution in [0.4, 0.5) is 38.1 Å². The lowest BCUT2D eigenvalue weighted by Crippen LogP contribution is -2.04. The summed E-state index contributed by atoms with van der Waals surface area (Å²) in [5, 5.41) is -3.13. The quantitative estimate of drug-likeness (QED) is 0.484. The number of hydrogen-bond acceptors (Lipinski definition) is 3. The van der Waals surface area contributed by atoms with Crippen LogP contribution in [0.15, 0.2) is 4.42 Å². The fourth-order valence-electron chi connectivity index (χ4n) is 1.35. The first-order chi connectivity index (χ1) is 7.86. The minimum Gasteiger partial charge on any atom is -0.435 e. The Hall–Kier alpha value is -2.06. The van der Waals surface area contributed by atoms with Crippen LogP contribution in [0.5, 0.6) is 0 Å². The Morgan fingerprint density at radius 1 is 0.882 bits per heavy atom. The van der Waals surface area contributed by atoms with Gasteiger partial charge in [-0.1, -0.05) is 8.96 Å². The first-order valence-corrected chi connectivity index (χ1v) is 4.01. The van der Waals surface area contributed by atoms with Gasteiger partial charge in [-0.3, -0.25) is 0 Å². The van der Waals surface area contributed by atoms with Crippen LogP contribution in [0.1, 0.15) is 0 Å². The summed E-state index contributed by atoms with van der Waals surface area (Å²) in [5.41, 5.74) is 1.94. The number of fused-ring (bicyclic) bond motifs is 1. The Labute approximate surface area is 88.9 Å². The highest BCUT2D eigenvalue weighted by molar-refractivity contribution is 5.92. The van der Waals surface area contributed by atoms with E-state index in [9.17, 15) is 26.5 Å². The van der Waals surface area contributed by atoms with Crippen molar-refractivity contribution in [2.45, 2.75) is 0 Å². The van der Waals surface area contributed by atoms with Crippen LogP contribution in [0.3, 0.4) is 0 Å². The van der Waals surface area contributed by atoms with Crippen molar-refractivity contribution in [3.63, 3.8) is 0 Å². The minimum absolute atomic E-state index is 1.05. The lowest BCUT2D eigenvalue weighted by Gasteiger charge is -2.05. The molecule has 0 fully saturated rings. The number of furan rings is 1. The second kappa shape index (κ2) is 3.47. The molecule has 1 aromatic heterocycles. The van der Waals surface area contributed by atoms with Gasteiger partial charge in [0.1, 0.15) is 0 Å². The highest BCUT2D eigenvalue weighted by Gasteiger charge is 2.31. The van der Waals surface area contributed by atoms with Crippen molar-refractivity contribution < 1.29 is 30.9 Å². The van der Waals surface area contributed by atoms with Gasteiger partial charge in [0.25, 0.3) is 0 Å². The van der Waals surface area contributed by atoms with Gasteiger partial charge in [-0.05, 0) is 5.34 Å². The van der Waals surface area contributed by atoms with Gasteiger partial charge in [0.05, 0.1) is 5.39 Å². The number of nitrogen functional groups attached to an aromatic ring is 1. The Balaban J connectivity index is 3.04. The molecule has 0 saturated heterocycles. The van der Waals surface area contributed by atoms with Crippen molar-refractivity contribution >= 4 is 22.5 Å². The number of benzene rings is 1. The van der Waals surface area contributed by atoms with Gasteiger partial charge in [0, 0.05) is 0 Å². The summed E-state index contributed by atoms with van der Waals surface area (Å²) in [6.45, 7) is 0. The zero-order valence-electron chi connectivity index (χ0n) is 7.70. The number of rotatable bonds is 1. The topological polar surface area (TPSA) is 42.4 Å². The number of hydrogen-bond donors (Lipinski definition) is 1. The molecule has 0 aliphatic rings. The molecule has 92 valence electrons. The molecule has 0 saturated carbocycles. The first kappa shape index (κ1) is 11.4. The molecule has 0 aliphatic heterocycles. The van der Waals surface area contributed by atoms with Crippen molar-refractivity contribution in [2.75, 3.05) is 11.1 Å². The molecule has 1 aromatic carbocycles. The lowest BCUT2D eigenvalue weighted by atomic mass is 10.2. The van der Waals surface area contributed by atoms with Crippen LogP contribution in [-0.4, -0.2) is 0 Å². The maximum Gasteiger partial charge on any atom is 0.228 e. The third-order valence-electron chi connectivity index (χ3n) is 2.07. The fraction of sp³-hybridized carbons (Fsp3) is 0. The third-order valence-corrected chi connectivity index (χ3v) is 2.07. The van der Waals surface area contributed by atoms with Crippen LogP contribution >= 0.6 is 0 Å². The van der Waals surface area contributed by atoms with Gasteiger partial charge in [-0.2, -0.15) is 0 Å². The van der Waals surface area contributed by atoms with Crippen molar-refractivity contribution in [1.82, 2.24) is 0 Å². The normalized spacial score (nSPS) is 11.2. The average Bonchev–Trinajstić information content (AvgIpc) is 2.52. The fourth-order valence-corrected chi connectivity index (χ4v) is 1.35. The molecule has 0 aliphatic carbocycles. The molecule has 0 atom stereocenters. The van der Waals surface area contributed by atoms with Gasteiger partial charge >= 0.3 is 0 Å². The zero-order chi connectivity index (χ0) is 12.9. The lowest BCUT2D eigenvalue weighted by molar-refractivity contribution is 0.229. The van der Waals surface area contributed by atoms with E-state index in [1.54, 1.807) is 0 Å². The van der Waals surface area contributed by atoms with E-state index >= 15 is 0 Å². The summed E-state index contributed by atoms with van der Waals surface area (Å²) in [6.07, 6.45) is 0. The van der Waals surface area contributed by atoms with E-state index in [0.29, 0.717) is 0 Å². The zero-order valence-corrected chi connectivity index (χ0v) is 7.70. The van der Waals surface area contributed by atoms with Gasteiger partial charge in [0.2, 0.25) is 5.88 Å². The smallest absolute Gasteiger partial charge is 0.228 e.